The van der Waals surface area contributed by atoms with Gasteiger partial charge in [-0.1, -0.05) is 23.7 Å². The van der Waals surface area contributed by atoms with Gasteiger partial charge in [0.25, 0.3) is 5.91 Å². The molecule has 1 aromatic carbocycles. The molecule has 5 heteroatoms. The summed E-state index contributed by atoms with van der Waals surface area (Å²) in [5, 5.41) is 7.25. The van der Waals surface area contributed by atoms with E-state index in [4.69, 9.17) is 11.6 Å². The van der Waals surface area contributed by atoms with Crippen LogP contribution >= 0.6 is 22.9 Å². The molecule has 104 valence electrons. The molecular weight excluding hydrogens is 304 g/mol. The van der Waals surface area contributed by atoms with E-state index in [1.807, 2.05) is 29.0 Å². The highest BCUT2D eigenvalue weighted by Gasteiger charge is 2.15. The van der Waals surface area contributed by atoms with E-state index < -0.39 is 0 Å². The van der Waals surface area contributed by atoms with E-state index in [9.17, 15) is 4.79 Å². The number of carbonyl (C=O) groups is 1. The summed E-state index contributed by atoms with van der Waals surface area (Å²) in [6.07, 6.45) is 1.68. The summed E-state index contributed by atoms with van der Waals surface area (Å²) < 4.78 is 0. The first-order valence-electron chi connectivity index (χ1n) is 6.29. The smallest absolute Gasteiger partial charge is 0.257 e. The summed E-state index contributed by atoms with van der Waals surface area (Å²) in [6.45, 7) is 0. The fraction of sp³-hybridized carbons (Fsp3) is 0. The molecular formula is C16H11ClN2OS. The van der Waals surface area contributed by atoms with Crippen LogP contribution in [0.25, 0.3) is 11.3 Å². The first-order chi connectivity index (χ1) is 10.3. The first kappa shape index (κ1) is 13.8. The van der Waals surface area contributed by atoms with Crippen molar-refractivity contribution in [2.45, 2.75) is 0 Å². The lowest BCUT2D eigenvalue weighted by atomic mass is 10.1. The Morgan fingerprint density at radius 3 is 2.76 bits per heavy atom. The van der Waals surface area contributed by atoms with Crippen LogP contribution in [-0.4, -0.2) is 10.9 Å². The summed E-state index contributed by atoms with van der Waals surface area (Å²) in [5.74, 6) is -0.225. The number of nitrogens with zero attached hydrogens (tertiary/aromatic N) is 1. The third kappa shape index (κ3) is 2.96. The highest BCUT2D eigenvalue weighted by atomic mass is 35.5. The Kier molecular flexibility index (Phi) is 3.99. The Bertz CT molecular complexity index is 771. The Labute approximate surface area is 131 Å². The van der Waals surface area contributed by atoms with Gasteiger partial charge in [-0.2, -0.15) is 11.3 Å². The summed E-state index contributed by atoms with van der Waals surface area (Å²) in [4.78, 5) is 16.8. The molecule has 0 spiro atoms. The topological polar surface area (TPSA) is 42.0 Å². The minimum atomic E-state index is -0.225. The van der Waals surface area contributed by atoms with E-state index in [1.165, 1.54) is 0 Å². The molecule has 0 fully saturated rings. The number of nitrogens with one attached hydrogen (secondary N) is 1. The number of rotatable bonds is 3. The number of anilines is 1. The van der Waals surface area contributed by atoms with E-state index in [0.29, 0.717) is 22.0 Å². The number of thiophene rings is 1. The van der Waals surface area contributed by atoms with Gasteiger partial charge in [0, 0.05) is 17.1 Å². The number of halogens is 1. The molecule has 0 unspecified atom stereocenters. The van der Waals surface area contributed by atoms with Gasteiger partial charge in [-0.3, -0.25) is 9.78 Å². The molecule has 3 nitrogen and oxygen atoms in total. The predicted molar refractivity (Wildman–Crippen MR) is 87.0 cm³/mol. The SMILES string of the molecule is O=C(Nc1ccccc1Cl)c1cccnc1-c1ccsc1. The largest absolute Gasteiger partial charge is 0.321 e. The third-order valence-corrected chi connectivity index (χ3v) is 3.98. The quantitative estimate of drug-likeness (QED) is 0.760. The average molecular weight is 315 g/mol. The van der Waals surface area contributed by atoms with Gasteiger partial charge in [-0.05, 0) is 35.7 Å². The van der Waals surface area contributed by atoms with Crippen molar-refractivity contribution in [3.05, 3.63) is 70.0 Å². The van der Waals surface area contributed by atoms with Gasteiger partial charge in [0.05, 0.1) is 22.0 Å². The van der Waals surface area contributed by atoms with Gasteiger partial charge >= 0.3 is 0 Å². The van der Waals surface area contributed by atoms with E-state index >= 15 is 0 Å². The van der Waals surface area contributed by atoms with Crippen molar-refractivity contribution >= 4 is 34.5 Å². The van der Waals surface area contributed by atoms with Crippen LogP contribution in [0.5, 0.6) is 0 Å². The Morgan fingerprint density at radius 1 is 1.14 bits per heavy atom. The molecule has 2 aromatic heterocycles. The second-order valence-corrected chi connectivity index (χ2v) is 5.53. The minimum Gasteiger partial charge on any atom is -0.321 e. The minimum absolute atomic E-state index is 0.225. The van der Waals surface area contributed by atoms with Crippen LogP contribution < -0.4 is 5.32 Å². The predicted octanol–water partition coefficient (Wildman–Crippen LogP) is 4.72. The second kappa shape index (κ2) is 6.08. The first-order valence-corrected chi connectivity index (χ1v) is 7.61. The molecule has 3 aromatic rings. The molecule has 0 radical (unpaired) electrons. The fourth-order valence-electron chi connectivity index (χ4n) is 1.97. The second-order valence-electron chi connectivity index (χ2n) is 4.35. The Morgan fingerprint density at radius 2 is 2.00 bits per heavy atom. The Balaban J connectivity index is 1.94. The number of carbonyl (C=O) groups excluding carboxylic acids is 1. The van der Waals surface area contributed by atoms with E-state index in [-0.39, 0.29) is 5.91 Å². The molecule has 0 saturated carbocycles. The lowest BCUT2D eigenvalue weighted by molar-refractivity contribution is 0.102. The maximum absolute atomic E-state index is 12.5. The number of amides is 1. The fourth-order valence-corrected chi connectivity index (χ4v) is 2.79. The number of pyridine rings is 1. The third-order valence-electron chi connectivity index (χ3n) is 2.97. The monoisotopic (exact) mass is 314 g/mol. The molecule has 0 aliphatic rings. The van der Waals surface area contributed by atoms with Crippen molar-refractivity contribution in [1.82, 2.24) is 4.98 Å². The molecule has 1 N–H and O–H groups in total. The van der Waals surface area contributed by atoms with Crippen molar-refractivity contribution in [3.8, 4) is 11.3 Å². The number of aromatic nitrogens is 1. The van der Waals surface area contributed by atoms with Gasteiger partial charge in [0.15, 0.2) is 0 Å². The van der Waals surface area contributed by atoms with Gasteiger partial charge in [0.2, 0.25) is 0 Å². The van der Waals surface area contributed by atoms with Crippen LogP contribution in [0.2, 0.25) is 5.02 Å². The maximum atomic E-state index is 12.5. The zero-order chi connectivity index (χ0) is 14.7. The van der Waals surface area contributed by atoms with Crippen molar-refractivity contribution in [2.75, 3.05) is 5.32 Å². The number of hydrogen-bond donors (Lipinski definition) is 1. The average Bonchev–Trinajstić information content (AvgIpc) is 3.04. The summed E-state index contributed by atoms with van der Waals surface area (Å²) >= 11 is 7.63. The van der Waals surface area contributed by atoms with Crippen molar-refractivity contribution < 1.29 is 4.79 Å². The standard InChI is InChI=1S/C16H11ClN2OS/c17-13-5-1-2-6-14(13)19-16(20)12-4-3-8-18-15(12)11-7-9-21-10-11/h1-10H,(H,19,20). The molecule has 1 amide bonds. The zero-order valence-corrected chi connectivity index (χ0v) is 12.5. The van der Waals surface area contributed by atoms with Crippen molar-refractivity contribution in [3.63, 3.8) is 0 Å². The lowest BCUT2D eigenvalue weighted by Crippen LogP contribution is -2.14. The van der Waals surface area contributed by atoms with Crippen LogP contribution in [0.3, 0.4) is 0 Å². The van der Waals surface area contributed by atoms with Crippen molar-refractivity contribution in [1.29, 1.82) is 0 Å². The van der Waals surface area contributed by atoms with E-state index in [2.05, 4.69) is 10.3 Å². The van der Waals surface area contributed by atoms with Crippen LogP contribution in [0.1, 0.15) is 10.4 Å². The molecule has 0 aliphatic carbocycles. The highest BCUT2D eigenvalue weighted by Crippen LogP contribution is 2.26. The summed E-state index contributed by atoms with van der Waals surface area (Å²) in [6, 6.07) is 12.6. The normalized spacial score (nSPS) is 10.3. The highest BCUT2D eigenvalue weighted by molar-refractivity contribution is 7.08. The number of hydrogen-bond acceptors (Lipinski definition) is 3. The summed E-state index contributed by atoms with van der Waals surface area (Å²) in [7, 11) is 0. The molecule has 21 heavy (non-hydrogen) atoms. The van der Waals surface area contributed by atoms with Gasteiger partial charge in [0.1, 0.15) is 0 Å². The lowest BCUT2D eigenvalue weighted by Gasteiger charge is -2.09. The van der Waals surface area contributed by atoms with Crippen LogP contribution in [0.15, 0.2) is 59.4 Å². The molecule has 0 saturated heterocycles. The molecule has 3 rings (SSSR count). The van der Waals surface area contributed by atoms with Crippen molar-refractivity contribution in [2.24, 2.45) is 0 Å². The van der Waals surface area contributed by atoms with Gasteiger partial charge < -0.3 is 5.32 Å². The van der Waals surface area contributed by atoms with Crippen LogP contribution in [0, 0.1) is 0 Å². The Hall–Kier alpha value is -2.17. The number of benzene rings is 1. The molecule has 0 aliphatic heterocycles. The van der Waals surface area contributed by atoms with Crippen LogP contribution in [-0.2, 0) is 0 Å². The van der Waals surface area contributed by atoms with E-state index in [1.54, 1.807) is 41.8 Å². The van der Waals surface area contributed by atoms with E-state index in [0.717, 1.165) is 5.56 Å². The van der Waals surface area contributed by atoms with Gasteiger partial charge in [-0.15, -0.1) is 0 Å². The molecule has 2 heterocycles. The number of para-hydroxylation sites is 1. The summed E-state index contributed by atoms with van der Waals surface area (Å²) in [5.41, 5.74) is 2.72. The molecule has 0 atom stereocenters. The zero-order valence-electron chi connectivity index (χ0n) is 10.9. The van der Waals surface area contributed by atoms with Crippen LogP contribution in [0.4, 0.5) is 5.69 Å². The molecule has 0 bridgehead atoms. The van der Waals surface area contributed by atoms with Gasteiger partial charge in [-0.25, -0.2) is 0 Å². The maximum Gasteiger partial charge on any atom is 0.257 e.